The molecular formula is C22H24F2N2. The molecule has 2 heterocycles. The molecule has 26 heavy (non-hydrogen) atoms. The number of aryl methyl sites for hydroxylation is 2. The lowest BCUT2D eigenvalue weighted by Gasteiger charge is -2.36. The molecule has 0 spiro atoms. The van der Waals surface area contributed by atoms with Crippen molar-refractivity contribution in [2.24, 2.45) is 0 Å². The van der Waals surface area contributed by atoms with Crippen LogP contribution < -0.4 is 0 Å². The van der Waals surface area contributed by atoms with Crippen LogP contribution in [0.25, 0.3) is 10.9 Å². The Morgan fingerprint density at radius 2 is 1.69 bits per heavy atom. The smallest absolute Gasteiger partial charge is 0.123 e. The van der Waals surface area contributed by atoms with Crippen LogP contribution in [0, 0.1) is 11.6 Å². The number of benzene rings is 2. The summed E-state index contributed by atoms with van der Waals surface area (Å²) in [7, 11) is 2.14. The van der Waals surface area contributed by atoms with Gasteiger partial charge in [0.05, 0.1) is 0 Å². The van der Waals surface area contributed by atoms with Gasteiger partial charge in [-0.1, -0.05) is 12.1 Å². The van der Waals surface area contributed by atoms with Gasteiger partial charge in [-0.25, -0.2) is 8.78 Å². The van der Waals surface area contributed by atoms with E-state index in [4.69, 9.17) is 0 Å². The molecule has 4 heteroatoms. The number of likely N-dealkylation sites (N-methyl/N-ethyl adjacent to an activating group) is 1. The third kappa shape index (κ3) is 2.82. The number of nitrogens with zero attached hydrogens (tertiary/aromatic N) is 2. The van der Waals surface area contributed by atoms with Crippen LogP contribution in [0.2, 0.25) is 0 Å². The Morgan fingerprint density at radius 1 is 1.00 bits per heavy atom. The zero-order chi connectivity index (χ0) is 18.4. The molecule has 1 aliphatic rings. The van der Waals surface area contributed by atoms with Gasteiger partial charge >= 0.3 is 0 Å². The van der Waals surface area contributed by atoms with Crippen molar-refractivity contribution in [3.05, 3.63) is 70.9 Å². The lowest BCUT2D eigenvalue weighted by molar-refractivity contribution is 0.177. The molecule has 1 aliphatic heterocycles. The molecule has 0 radical (unpaired) electrons. The Hall–Kier alpha value is -2.20. The molecule has 3 aromatic rings. The molecule has 2 atom stereocenters. The fourth-order valence-corrected chi connectivity index (χ4v) is 4.25. The third-order valence-electron chi connectivity index (χ3n) is 5.93. The van der Waals surface area contributed by atoms with Crippen LogP contribution in [-0.2, 0) is 19.4 Å². The highest BCUT2D eigenvalue weighted by molar-refractivity contribution is 5.86. The topological polar surface area (TPSA) is 8.17 Å². The largest absolute Gasteiger partial charge is 0.344 e. The molecule has 1 aromatic heterocycles. The van der Waals surface area contributed by atoms with Crippen molar-refractivity contribution < 1.29 is 8.78 Å². The lowest BCUT2D eigenvalue weighted by Crippen LogP contribution is -2.38. The molecule has 0 bridgehead atoms. The molecule has 136 valence electrons. The molecule has 0 amide bonds. The standard InChI is InChI=1S/C22H24F2N2/c1-14-12-21-22(15(2)25(14)3)19-13-18(24)8-9-20(19)26(21)11-10-16-4-6-17(23)7-5-16/h4-9,13-15H,10-12H2,1-3H3. The first kappa shape index (κ1) is 17.2. The van der Waals surface area contributed by atoms with Gasteiger partial charge in [0.1, 0.15) is 11.6 Å². The summed E-state index contributed by atoms with van der Waals surface area (Å²) in [6.07, 6.45) is 1.78. The maximum Gasteiger partial charge on any atom is 0.123 e. The second kappa shape index (κ2) is 6.51. The van der Waals surface area contributed by atoms with Crippen LogP contribution in [0.4, 0.5) is 8.78 Å². The highest BCUT2D eigenvalue weighted by atomic mass is 19.1. The minimum atomic E-state index is -0.210. The van der Waals surface area contributed by atoms with Gasteiger partial charge in [-0.3, -0.25) is 4.90 Å². The minimum absolute atomic E-state index is 0.190. The summed E-state index contributed by atoms with van der Waals surface area (Å²) in [5, 5.41) is 1.02. The first-order valence-electron chi connectivity index (χ1n) is 9.22. The number of aromatic nitrogens is 1. The van der Waals surface area contributed by atoms with Gasteiger partial charge in [-0.15, -0.1) is 0 Å². The van der Waals surface area contributed by atoms with Crippen molar-refractivity contribution in [3.63, 3.8) is 0 Å². The van der Waals surface area contributed by atoms with Gasteiger partial charge < -0.3 is 4.57 Å². The van der Waals surface area contributed by atoms with Crippen molar-refractivity contribution in [1.29, 1.82) is 0 Å². The van der Waals surface area contributed by atoms with E-state index in [0.29, 0.717) is 6.04 Å². The third-order valence-corrected chi connectivity index (χ3v) is 5.93. The fraction of sp³-hybridized carbons (Fsp3) is 0.364. The van der Waals surface area contributed by atoms with Crippen LogP contribution in [-0.4, -0.2) is 22.6 Å². The van der Waals surface area contributed by atoms with Gasteiger partial charge in [0.25, 0.3) is 0 Å². The summed E-state index contributed by atoms with van der Waals surface area (Å²) in [6, 6.07) is 12.5. The Kier molecular flexibility index (Phi) is 4.31. The average molecular weight is 354 g/mol. The van der Waals surface area contributed by atoms with Gasteiger partial charge in [-0.05, 0) is 68.8 Å². The molecule has 0 saturated carbocycles. The van der Waals surface area contributed by atoms with E-state index in [0.717, 1.165) is 35.9 Å². The normalized spacial score (nSPS) is 20.5. The van der Waals surface area contributed by atoms with Gasteiger partial charge in [0.2, 0.25) is 0 Å². The Morgan fingerprint density at radius 3 is 2.42 bits per heavy atom. The van der Waals surface area contributed by atoms with E-state index in [1.54, 1.807) is 12.1 Å². The number of fused-ring (bicyclic) bond motifs is 3. The molecule has 0 aliphatic carbocycles. The zero-order valence-corrected chi connectivity index (χ0v) is 15.5. The van der Waals surface area contributed by atoms with Crippen molar-refractivity contribution in [2.75, 3.05) is 7.05 Å². The molecule has 0 fully saturated rings. The maximum atomic E-state index is 13.9. The first-order valence-corrected chi connectivity index (χ1v) is 9.22. The van der Waals surface area contributed by atoms with Crippen LogP contribution in [0.1, 0.15) is 36.7 Å². The average Bonchev–Trinajstić information content (AvgIpc) is 2.92. The van der Waals surface area contributed by atoms with Crippen molar-refractivity contribution in [1.82, 2.24) is 9.47 Å². The SMILES string of the molecule is CC1Cc2c(c3cc(F)ccc3n2CCc2ccc(F)cc2)C(C)N1C. The predicted octanol–water partition coefficient (Wildman–Crippen LogP) is 5.10. The van der Waals surface area contributed by atoms with E-state index in [2.05, 4.69) is 30.4 Å². The second-order valence-corrected chi connectivity index (χ2v) is 7.44. The Balaban J connectivity index is 1.79. The molecular weight excluding hydrogens is 330 g/mol. The summed E-state index contributed by atoms with van der Waals surface area (Å²) < 4.78 is 29.4. The van der Waals surface area contributed by atoms with Gasteiger partial charge in [-0.2, -0.15) is 0 Å². The van der Waals surface area contributed by atoms with Crippen LogP contribution in [0.5, 0.6) is 0 Å². The molecule has 0 saturated heterocycles. The summed E-state index contributed by atoms with van der Waals surface area (Å²) in [5.74, 6) is -0.400. The lowest BCUT2D eigenvalue weighted by atomic mass is 9.93. The number of rotatable bonds is 3. The molecule has 0 N–H and O–H groups in total. The second-order valence-electron chi connectivity index (χ2n) is 7.44. The van der Waals surface area contributed by atoms with Crippen LogP contribution in [0.15, 0.2) is 42.5 Å². The minimum Gasteiger partial charge on any atom is -0.344 e. The monoisotopic (exact) mass is 354 g/mol. The van der Waals surface area contributed by atoms with Crippen molar-refractivity contribution >= 4 is 10.9 Å². The van der Waals surface area contributed by atoms with Gasteiger partial charge in [0.15, 0.2) is 0 Å². The quantitative estimate of drug-likeness (QED) is 0.635. The highest BCUT2D eigenvalue weighted by Crippen LogP contribution is 2.39. The van der Waals surface area contributed by atoms with Crippen LogP contribution >= 0.6 is 0 Å². The molecule has 4 rings (SSSR count). The van der Waals surface area contributed by atoms with Gasteiger partial charge in [0, 0.05) is 41.6 Å². The highest BCUT2D eigenvalue weighted by Gasteiger charge is 2.31. The number of hydrogen-bond donors (Lipinski definition) is 0. The van der Waals surface area contributed by atoms with E-state index >= 15 is 0 Å². The van der Waals surface area contributed by atoms with E-state index in [-0.39, 0.29) is 17.7 Å². The van der Waals surface area contributed by atoms with E-state index in [1.165, 1.54) is 23.4 Å². The van der Waals surface area contributed by atoms with Crippen molar-refractivity contribution in [3.8, 4) is 0 Å². The summed E-state index contributed by atoms with van der Waals surface area (Å²) in [5.41, 5.74) is 4.76. The fourth-order valence-electron chi connectivity index (χ4n) is 4.25. The number of hydrogen-bond acceptors (Lipinski definition) is 1. The number of halogens is 2. The first-order chi connectivity index (χ1) is 12.5. The van der Waals surface area contributed by atoms with Crippen molar-refractivity contribution in [2.45, 2.75) is 45.3 Å². The van der Waals surface area contributed by atoms with E-state index < -0.39 is 0 Å². The summed E-state index contributed by atoms with van der Waals surface area (Å²) >= 11 is 0. The summed E-state index contributed by atoms with van der Waals surface area (Å²) in [4.78, 5) is 2.36. The molecule has 2 unspecified atom stereocenters. The van der Waals surface area contributed by atoms with Crippen LogP contribution in [0.3, 0.4) is 0 Å². The maximum absolute atomic E-state index is 13.9. The molecule has 2 nitrogen and oxygen atoms in total. The predicted molar refractivity (Wildman–Crippen MR) is 101 cm³/mol. The van der Waals surface area contributed by atoms with E-state index in [9.17, 15) is 8.78 Å². The zero-order valence-electron chi connectivity index (χ0n) is 15.5. The Labute approximate surface area is 153 Å². The van der Waals surface area contributed by atoms with E-state index in [1.807, 2.05) is 18.2 Å². The molecule has 2 aromatic carbocycles. The Bertz CT molecular complexity index is 943. The summed E-state index contributed by atoms with van der Waals surface area (Å²) in [6.45, 7) is 5.25.